The molecule has 3 nitrogen and oxygen atoms in total. The van der Waals surface area contributed by atoms with E-state index in [1.807, 2.05) is 12.3 Å². The van der Waals surface area contributed by atoms with Gasteiger partial charge in [-0.3, -0.25) is 4.98 Å². The topological polar surface area (TPSA) is 42.4 Å². The highest BCUT2D eigenvalue weighted by Crippen LogP contribution is 2.42. The molecule has 0 radical (unpaired) electrons. The van der Waals surface area contributed by atoms with E-state index in [1.54, 1.807) is 7.11 Å². The van der Waals surface area contributed by atoms with Crippen LogP contribution in [-0.4, -0.2) is 28.9 Å². The van der Waals surface area contributed by atoms with Gasteiger partial charge in [0.25, 0.3) is 0 Å². The molecule has 1 saturated carbocycles. The lowest BCUT2D eigenvalue weighted by atomic mass is 9.72. The van der Waals surface area contributed by atoms with Crippen LogP contribution in [-0.2, 0) is 11.2 Å². The van der Waals surface area contributed by atoms with Crippen LogP contribution < -0.4 is 0 Å². The molecule has 0 amide bonds. The van der Waals surface area contributed by atoms with E-state index in [2.05, 4.69) is 11.1 Å². The zero-order chi connectivity index (χ0) is 13.3. The highest BCUT2D eigenvalue weighted by atomic mass is 16.5. The molecule has 1 N–H and O–H groups in total. The van der Waals surface area contributed by atoms with Gasteiger partial charge in [-0.1, -0.05) is 6.07 Å². The largest absolute Gasteiger partial charge is 0.392 e. The van der Waals surface area contributed by atoms with E-state index in [-0.39, 0.29) is 17.6 Å². The minimum Gasteiger partial charge on any atom is -0.392 e. The highest BCUT2D eigenvalue weighted by molar-refractivity contribution is 5.27. The first-order chi connectivity index (χ1) is 9.24. The van der Waals surface area contributed by atoms with Gasteiger partial charge in [-0.2, -0.15) is 0 Å². The van der Waals surface area contributed by atoms with Crippen molar-refractivity contribution < 1.29 is 9.84 Å². The van der Waals surface area contributed by atoms with E-state index in [4.69, 9.17) is 4.74 Å². The van der Waals surface area contributed by atoms with Crippen LogP contribution >= 0.6 is 0 Å². The lowest BCUT2D eigenvalue weighted by Crippen LogP contribution is -2.43. The normalized spacial score (nSPS) is 26.3. The number of rotatable bonds is 4. The second kappa shape index (κ2) is 5.22. The first kappa shape index (κ1) is 13.1. The van der Waals surface area contributed by atoms with Crippen molar-refractivity contribution in [3.8, 4) is 0 Å². The van der Waals surface area contributed by atoms with Crippen LogP contribution in [0.2, 0.25) is 0 Å². The molecule has 3 heteroatoms. The van der Waals surface area contributed by atoms with Crippen molar-refractivity contribution in [3.63, 3.8) is 0 Å². The SMILES string of the molecule is COC1(CC(O)C2CCCc3cccnc32)CCC1. The van der Waals surface area contributed by atoms with Crippen molar-refractivity contribution in [2.45, 2.75) is 62.6 Å². The number of hydrogen-bond donors (Lipinski definition) is 1. The van der Waals surface area contributed by atoms with E-state index in [0.29, 0.717) is 0 Å². The molecule has 3 rings (SSSR count). The lowest BCUT2D eigenvalue weighted by molar-refractivity contribution is -0.103. The molecule has 0 aromatic carbocycles. The van der Waals surface area contributed by atoms with Crippen molar-refractivity contribution in [1.29, 1.82) is 0 Å². The Bertz CT molecular complexity index is 437. The van der Waals surface area contributed by atoms with Crippen molar-refractivity contribution in [2.24, 2.45) is 0 Å². The van der Waals surface area contributed by atoms with Crippen molar-refractivity contribution in [2.75, 3.05) is 7.11 Å². The van der Waals surface area contributed by atoms with Gasteiger partial charge in [0.1, 0.15) is 0 Å². The Kier molecular flexibility index (Phi) is 3.59. The number of ether oxygens (including phenoxy) is 1. The molecule has 0 saturated heterocycles. The molecule has 1 aromatic rings. The van der Waals surface area contributed by atoms with Gasteiger partial charge in [0.2, 0.25) is 0 Å². The van der Waals surface area contributed by atoms with Crippen LogP contribution in [0.3, 0.4) is 0 Å². The number of aryl methyl sites for hydroxylation is 1. The molecule has 104 valence electrons. The van der Waals surface area contributed by atoms with Crippen molar-refractivity contribution in [3.05, 3.63) is 29.6 Å². The van der Waals surface area contributed by atoms with Crippen LogP contribution in [0.1, 0.15) is 55.7 Å². The summed E-state index contributed by atoms with van der Waals surface area (Å²) in [6.45, 7) is 0. The fourth-order valence-electron chi connectivity index (χ4n) is 3.61. The highest BCUT2D eigenvalue weighted by Gasteiger charge is 2.41. The molecule has 2 aliphatic rings. The summed E-state index contributed by atoms with van der Waals surface area (Å²) in [7, 11) is 1.78. The van der Waals surface area contributed by atoms with E-state index in [1.165, 1.54) is 12.0 Å². The standard InChI is InChI=1S/C16H23NO2/c1-19-16(8-4-9-16)11-14(18)13-7-2-5-12-6-3-10-17-15(12)13/h3,6,10,13-14,18H,2,4-5,7-9,11H2,1H3. The Morgan fingerprint density at radius 1 is 1.47 bits per heavy atom. The molecule has 0 aliphatic heterocycles. The molecule has 1 aromatic heterocycles. The van der Waals surface area contributed by atoms with E-state index >= 15 is 0 Å². The van der Waals surface area contributed by atoms with Gasteiger partial charge in [-0.05, 0) is 50.2 Å². The first-order valence-electron chi connectivity index (χ1n) is 7.41. The zero-order valence-electron chi connectivity index (χ0n) is 11.6. The molecule has 1 heterocycles. The number of hydrogen-bond acceptors (Lipinski definition) is 3. The zero-order valence-corrected chi connectivity index (χ0v) is 11.6. The molecule has 2 unspecified atom stereocenters. The monoisotopic (exact) mass is 261 g/mol. The maximum absolute atomic E-state index is 10.6. The number of fused-ring (bicyclic) bond motifs is 1. The number of aromatic nitrogens is 1. The predicted molar refractivity (Wildman–Crippen MR) is 74.1 cm³/mol. The van der Waals surface area contributed by atoms with Crippen molar-refractivity contribution >= 4 is 0 Å². The quantitative estimate of drug-likeness (QED) is 0.906. The molecule has 2 atom stereocenters. The number of aliphatic hydroxyl groups is 1. The van der Waals surface area contributed by atoms with Crippen molar-refractivity contribution in [1.82, 2.24) is 4.98 Å². The van der Waals surface area contributed by atoms with E-state index < -0.39 is 0 Å². The third kappa shape index (κ3) is 2.41. The summed E-state index contributed by atoms with van der Waals surface area (Å²) in [6.07, 6.45) is 8.97. The van der Waals surface area contributed by atoms with Crippen LogP contribution in [0, 0.1) is 0 Å². The maximum Gasteiger partial charge on any atom is 0.0703 e. The average molecular weight is 261 g/mol. The minimum absolute atomic E-state index is 0.0637. The number of aliphatic hydroxyl groups excluding tert-OH is 1. The number of methoxy groups -OCH3 is 1. The summed E-state index contributed by atoms with van der Waals surface area (Å²) in [6, 6.07) is 4.15. The molecule has 0 bridgehead atoms. The fourth-order valence-corrected chi connectivity index (χ4v) is 3.61. The van der Waals surface area contributed by atoms with Crippen LogP contribution in [0.5, 0.6) is 0 Å². The van der Waals surface area contributed by atoms with Gasteiger partial charge >= 0.3 is 0 Å². The Morgan fingerprint density at radius 2 is 2.32 bits per heavy atom. The lowest BCUT2D eigenvalue weighted by Gasteiger charge is -2.43. The third-order valence-electron chi connectivity index (χ3n) is 4.98. The van der Waals surface area contributed by atoms with Gasteiger partial charge < -0.3 is 9.84 Å². The van der Waals surface area contributed by atoms with Crippen LogP contribution in [0.4, 0.5) is 0 Å². The summed E-state index contributed by atoms with van der Waals surface area (Å²) in [4.78, 5) is 4.52. The Labute approximate surface area is 115 Å². The summed E-state index contributed by atoms with van der Waals surface area (Å²) >= 11 is 0. The van der Waals surface area contributed by atoms with Gasteiger partial charge in [-0.25, -0.2) is 0 Å². The van der Waals surface area contributed by atoms with Gasteiger partial charge in [0.05, 0.1) is 11.7 Å². The average Bonchev–Trinajstić information content (AvgIpc) is 2.42. The van der Waals surface area contributed by atoms with Crippen LogP contribution in [0.25, 0.3) is 0 Å². The number of nitrogens with zero attached hydrogens (tertiary/aromatic N) is 1. The Hall–Kier alpha value is -0.930. The predicted octanol–water partition coefficient (Wildman–Crippen LogP) is 2.82. The molecule has 2 aliphatic carbocycles. The second-order valence-electron chi connectivity index (χ2n) is 6.06. The molecule has 19 heavy (non-hydrogen) atoms. The number of pyridine rings is 1. The van der Waals surface area contributed by atoms with Crippen LogP contribution in [0.15, 0.2) is 18.3 Å². The van der Waals surface area contributed by atoms with Gasteiger partial charge in [0.15, 0.2) is 0 Å². The summed E-state index contributed by atoms with van der Waals surface area (Å²) < 4.78 is 5.64. The van der Waals surface area contributed by atoms with Gasteiger partial charge in [0, 0.05) is 31.3 Å². The molecule has 0 spiro atoms. The summed E-state index contributed by atoms with van der Waals surface area (Å²) in [5, 5.41) is 10.6. The van der Waals surface area contributed by atoms with E-state index in [0.717, 1.165) is 44.2 Å². The third-order valence-corrected chi connectivity index (χ3v) is 4.98. The Morgan fingerprint density at radius 3 is 3.00 bits per heavy atom. The first-order valence-corrected chi connectivity index (χ1v) is 7.41. The molecular weight excluding hydrogens is 238 g/mol. The fraction of sp³-hybridized carbons (Fsp3) is 0.688. The molecular formula is C16H23NO2. The molecule has 1 fully saturated rings. The summed E-state index contributed by atoms with van der Waals surface area (Å²) in [5.74, 6) is 0.192. The minimum atomic E-state index is -0.325. The second-order valence-corrected chi connectivity index (χ2v) is 6.06. The maximum atomic E-state index is 10.6. The smallest absolute Gasteiger partial charge is 0.0703 e. The Balaban J connectivity index is 1.76. The summed E-state index contributed by atoms with van der Waals surface area (Å²) in [5.41, 5.74) is 2.37. The van der Waals surface area contributed by atoms with Gasteiger partial charge in [-0.15, -0.1) is 0 Å². The van der Waals surface area contributed by atoms with E-state index in [9.17, 15) is 5.11 Å².